The molecular weight excluding hydrogens is 322 g/mol. The van der Waals surface area contributed by atoms with Gasteiger partial charge >= 0.3 is 0 Å². The predicted molar refractivity (Wildman–Crippen MR) is 93.0 cm³/mol. The van der Waals surface area contributed by atoms with Crippen molar-refractivity contribution in [1.82, 2.24) is 15.1 Å². The Morgan fingerprint density at radius 1 is 1.20 bits per heavy atom. The van der Waals surface area contributed by atoms with Crippen molar-refractivity contribution < 1.29 is 19.4 Å². The Labute approximate surface area is 149 Å². The number of carbonyl (C=O) groups excluding carboxylic acids is 2. The molecule has 3 aliphatic rings. The van der Waals surface area contributed by atoms with Gasteiger partial charge < -0.3 is 20.1 Å². The third-order valence-electron chi connectivity index (χ3n) is 5.96. The molecule has 3 fully saturated rings. The molecule has 0 saturated carbocycles. The van der Waals surface area contributed by atoms with Crippen LogP contribution >= 0.6 is 0 Å². The molecule has 0 unspecified atom stereocenters. The topological polar surface area (TPSA) is 82.1 Å². The van der Waals surface area contributed by atoms with Crippen molar-refractivity contribution in [3.05, 3.63) is 0 Å². The molecule has 2 amide bonds. The highest BCUT2D eigenvalue weighted by molar-refractivity contribution is 5.78. The van der Waals surface area contributed by atoms with Gasteiger partial charge in [0.2, 0.25) is 11.8 Å². The summed E-state index contributed by atoms with van der Waals surface area (Å²) in [5, 5.41) is 13.4. The zero-order chi connectivity index (χ0) is 18.1. The molecule has 0 aliphatic carbocycles. The van der Waals surface area contributed by atoms with Gasteiger partial charge in [0.25, 0.3) is 0 Å². The summed E-state index contributed by atoms with van der Waals surface area (Å²) in [5.41, 5.74) is -1.34. The molecule has 0 aromatic carbocycles. The fourth-order valence-corrected chi connectivity index (χ4v) is 4.23. The number of piperidine rings is 1. The number of nitrogens with one attached hydrogen (secondary N) is 1. The number of hydrogen-bond acceptors (Lipinski definition) is 5. The lowest BCUT2D eigenvalue weighted by Gasteiger charge is -2.50. The minimum Gasteiger partial charge on any atom is -0.386 e. The Hall–Kier alpha value is -1.18. The zero-order valence-electron chi connectivity index (χ0n) is 15.4. The molecule has 3 rings (SSSR count). The second kappa shape index (κ2) is 7.21. The van der Waals surface area contributed by atoms with Crippen LogP contribution < -0.4 is 5.32 Å². The third kappa shape index (κ3) is 4.33. The molecule has 3 heterocycles. The SMILES string of the molecule is CC(=O)N[C@H]1CC2(CCN(CC(=O)N3CCCC3)CC2)OC[C@]1(C)O. The van der Waals surface area contributed by atoms with Crippen LogP contribution in [-0.2, 0) is 14.3 Å². The molecule has 2 atom stereocenters. The first-order valence-corrected chi connectivity index (χ1v) is 9.43. The van der Waals surface area contributed by atoms with E-state index in [0.29, 0.717) is 13.0 Å². The Bertz CT molecular complexity index is 508. The van der Waals surface area contributed by atoms with Crippen molar-refractivity contribution in [2.75, 3.05) is 39.3 Å². The summed E-state index contributed by atoms with van der Waals surface area (Å²) in [6.45, 7) is 7.33. The van der Waals surface area contributed by atoms with Gasteiger partial charge in [0.05, 0.1) is 24.8 Å². The van der Waals surface area contributed by atoms with Crippen LogP contribution in [0.3, 0.4) is 0 Å². The Morgan fingerprint density at radius 2 is 1.84 bits per heavy atom. The van der Waals surface area contributed by atoms with E-state index >= 15 is 0 Å². The average molecular weight is 353 g/mol. The molecule has 25 heavy (non-hydrogen) atoms. The second-order valence-electron chi connectivity index (χ2n) is 8.15. The van der Waals surface area contributed by atoms with Gasteiger partial charge in [0, 0.05) is 33.1 Å². The average Bonchev–Trinajstić information content (AvgIpc) is 3.08. The van der Waals surface area contributed by atoms with Gasteiger partial charge in [-0.2, -0.15) is 0 Å². The Morgan fingerprint density at radius 3 is 2.44 bits per heavy atom. The highest BCUT2D eigenvalue weighted by Crippen LogP contribution is 2.38. The first-order chi connectivity index (χ1) is 11.8. The number of carbonyl (C=O) groups is 2. The van der Waals surface area contributed by atoms with Crippen LogP contribution in [0.5, 0.6) is 0 Å². The lowest BCUT2D eigenvalue weighted by atomic mass is 9.77. The zero-order valence-corrected chi connectivity index (χ0v) is 15.4. The maximum atomic E-state index is 12.3. The lowest BCUT2D eigenvalue weighted by Crippen LogP contribution is -2.63. The molecule has 0 radical (unpaired) electrons. The van der Waals surface area contributed by atoms with Crippen molar-refractivity contribution >= 4 is 11.8 Å². The van der Waals surface area contributed by atoms with Gasteiger partial charge in [0.1, 0.15) is 5.60 Å². The molecule has 0 aromatic rings. The lowest BCUT2D eigenvalue weighted by molar-refractivity contribution is -0.193. The maximum Gasteiger partial charge on any atom is 0.236 e. The number of hydrogen-bond donors (Lipinski definition) is 2. The molecule has 3 aliphatic heterocycles. The number of amides is 2. The van der Waals surface area contributed by atoms with Gasteiger partial charge in [-0.1, -0.05) is 0 Å². The van der Waals surface area contributed by atoms with E-state index in [4.69, 9.17) is 4.74 Å². The monoisotopic (exact) mass is 353 g/mol. The van der Waals surface area contributed by atoms with Gasteiger partial charge in [-0.3, -0.25) is 14.5 Å². The minimum absolute atomic E-state index is 0.129. The standard InChI is InChI=1S/C18H31N3O4/c1-14(22)19-15-11-18(25-13-17(15,2)24)5-9-20(10-6-18)12-16(23)21-7-3-4-8-21/h15,24H,3-13H2,1-2H3,(H,19,22)/t15-,17-/m0/s1. The summed E-state index contributed by atoms with van der Waals surface area (Å²) in [5.74, 6) is 0.105. The maximum absolute atomic E-state index is 12.3. The van der Waals surface area contributed by atoms with E-state index in [-0.39, 0.29) is 30.1 Å². The van der Waals surface area contributed by atoms with Gasteiger partial charge in [-0.15, -0.1) is 0 Å². The fraction of sp³-hybridized carbons (Fsp3) is 0.889. The van der Waals surface area contributed by atoms with E-state index in [9.17, 15) is 14.7 Å². The molecule has 7 nitrogen and oxygen atoms in total. The van der Waals surface area contributed by atoms with Crippen molar-refractivity contribution in [2.45, 2.75) is 63.2 Å². The third-order valence-corrected chi connectivity index (χ3v) is 5.96. The fourth-order valence-electron chi connectivity index (χ4n) is 4.23. The van der Waals surface area contributed by atoms with Crippen LogP contribution in [0.15, 0.2) is 0 Å². The van der Waals surface area contributed by atoms with Crippen LogP contribution in [0, 0.1) is 0 Å². The van der Waals surface area contributed by atoms with Crippen LogP contribution in [0.1, 0.15) is 46.0 Å². The minimum atomic E-state index is -1.04. The van der Waals surface area contributed by atoms with Crippen molar-refractivity contribution in [1.29, 1.82) is 0 Å². The summed E-state index contributed by atoms with van der Waals surface area (Å²) in [6, 6.07) is -0.295. The number of ether oxygens (including phenoxy) is 1. The van der Waals surface area contributed by atoms with E-state index in [2.05, 4.69) is 10.2 Å². The summed E-state index contributed by atoms with van der Waals surface area (Å²) in [6.07, 6.45) is 4.51. The summed E-state index contributed by atoms with van der Waals surface area (Å²) < 4.78 is 6.06. The number of likely N-dealkylation sites (tertiary alicyclic amines) is 2. The van der Waals surface area contributed by atoms with Gasteiger partial charge in [-0.05, 0) is 39.0 Å². The van der Waals surface area contributed by atoms with Crippen molar-refractivity contribution in [2.24, 2.45) is 0 Å². The van der Waals surface area contributed by atoms with E-state index in [1.807, 2.05) is 4.90 Å². The van der Waals surface area contributed by atoms with Gasteiger partial charge in [0.15, 0.2) is 0 Å². The molecule has 1 spiro atoms. The highest BCUT2D eigenvalue weighted by Gasteiger charge is 2.48. The summed E-state index contributed by atoms with van der Waals surface area (Å²) >= 11 is 0. The van der Waals surface area contributed by atoms with Crippen LogP contribution in [0.25, 0.3) is 0 Å². The van der Waals surface area contributed by atoms with Crippen molar-refractivity contribution in [3.8, 4) is 0 Å². The largest absolute Gasteiger partial charge is 0.386 e. The molecule has 142 valence electrons. The van der Waals surface area contributed by atoms with Crippen molar-refractivity contribution in [3.63, 3.8) is 0 Å². The van der Waals surface area contributed by atoms with Crippen LogP contribution in [-0.4, -0.2) is 83.3 Å². The first kappa shape index (κ1) is 18.6. The molecule has 3 saturated heterocycles. The van der Waals surface area contributed by atoms with E-state index < -0.39 is 5.60 Å². The molecular formula is C18H31N3O4. The highest BCUT2D eigenvalue weighted by atomic mass is 16.5. The van der Waals surface area contributed by atoms with E-state index in [1.54, 1.807) is 6.92 Å². The Kier molecular flexibility index (Phi) is 5.37. The number of rotatable bonds is 3. The van der Waals surface area contributed by atoms with E-state index in [0.717, 1.165) is 51.9 Å². The summed E-state index contributed by atoms with van der Waals surface area (Å²) in [7, 11) is 0. The quantitative estimate of drug-likeness (QED) is 0.753. The van der Waals surface area contributed by atoms with Crippen LogP contribution in [0.2, 0.25) is 0 Å². The molecule has 7 heteroatoms. The van der Waals surface area contributed by atoms with Crippen LogP contribution in [0.4, 0.5) is 0 Å². The predicted octanol–water partition coefficient (Wildman–Crippen LogP) is 0.119. The Balaban J connectivity index is 1.53. The molecule has 0 bridgehead atoms. The van der Waals surface area contributed by atoms with Gasteiger partial charge in [-0.25, -0.2) is 0 Å². The number of aliphatic hydroxyl groups is 1. The number of nitrogens with zero attached hydrogens (tertiary/aromatic N) is 2. The van der Waals surface area contributed by atoms with E-state index in [1.165, 1.54) is 6.92 Å². The first-order valence-electron chi connectivity index (χ1n) is 9.43. The smallest absolute Gasteiger partial charge is 0.236 e. The molecule has 2 N–H and O–H groups in total. The normalized spacial score (nSPS) is 32.8. The summed E-state index contributed by atoms with van der Waals surface area (Å²) in [4.78, 5) is 27.9. The molecule has 0 aromatic heterocycles. The second-order valence-corrected chi connectivity index (χ2v) is 8.15.